The van der Waals surface area contributed by atoms with Gasteiger partial charge in [-0.05, 0) is 46.9 Å². The fraction of sp³-hybridized carbons (Fsp3) is 0.222. The number of methoxy groups -OCH3 is 1. The molecule has 1 aromatic heterocycles. The predicted molar refractivity (Wildman–Crippen MR) is 125 cm³/mol. The smallest absolute Gasteiger partial charge is 0.336 e. The minimum Gasteiger partial charge on any atom is -0.497 e. The molecule has 5 heteroatoms. The van der Waals surface area contributed by atoms with Crippen LogP contribution in [-0.2, 0) is 6.54 Å². The van der Waals surface area contributed by atoms with Crippen LogP contribution < -0.4 is 15.1 Å². The van der Waals surface area contributed by atoms with Crippen LogP contribution in [0.15, 0.2) is 82.0 Å². The van der Waals surface area contributed by atoms with Gasteiger partial charge in [-0.1, -0.05) is 49.4 Å². The van der Waals surface area contributed by atoms with Crippen LogP contribution in [0.3, 0.4) is 0 Å². The van der Waals surface area contributed by atoms with Crippen LogP contribution in [0.2, 0.25) is 0 Å². The van der Waals surface area contributed by atoms with Gasteiger partial charge in [0, 0.05) is 24.5 Å². The number of nitrogens with zero attached hydrogens (tertiary/aromatic N) is 1. The van der Waals surface area contributed by atoms with Crippen LogP contribution in [0, 0.1) is 0 Å². The summed E-state index contributed by atoms with van der Waals surface area (Å²) in [6.45, 7) is 4.25. The van der Waals surface area contributed by atoms with Gasteiger partial charge in [-0.15, -0.1) is 0 Å². The first kappa shape index (κ1) is 20.3. The van der Waals surface area contributed by atoms with E-state index in [1.807, 2.05) is 42.5 Å². The Morgan fingerprint density at radius 2 is 1.81 bits per heavy atom. The molecule has 1 atom stereocenters. The van der Waals surface area contributed by atoms with Crippen molar-refractivity contribution in [3.05, 3.63) is 94.3 Å². The zero-order valence-corrected chi connectivity index (χ0v) is 18.2. The van der Waals surface area contributed by atoms with Crippen molar-refractivity contribution in [2.24, 2.45) is 0 Å². The van der Waals surface area contributed by atoms with E-state index in [1.165, 1.54) is 5.56 Å². The van der Waals surface area contributed by atoms with E-state index in [1.54, 1.807) is 13.2 Å². The highest BCUT2D eigenvalue weighted by Gasteiger charge is 2.24. The van der Waals surface area contributed by atoms with Crippen molar-refractivity contribution in [3.63, 3.8) is 0 Å². The van der Waals surface area contributed by atoms with Gasteiger partial charge in [0.15, 0.2) is 0 Å². The quantitative estimate of drug-likeness (QED) is 0.398. The van der Waals surface area contributed by atoms with Crippen molar-refractivity contribution >= 4 is 11.0 Å². The van der Waals surface area contributed by atoms with E-state index >= 15 is 0 Å². The molecule has 5 rings (SSSR count). The maximum atomic E-state index is 12.5. The lowest BCUT2D eigenvalue weighted by atomic mass is 9.98. The van der Waals surface area contributed by atoms with Crippen molar-refractivity contribution in [1.82, 2.24) is 4.90 Å². The van der Waals surface area contributed by atoms with Gasteiger partial charge < -0.3 is 13.9 Å². The second kappa shape index (κ2) is 8.52. The van der Waals surface area contributed by atoms with Gasteiger partial charge in [0.05, 0.1) is 12.7 Å². The molecule has 3 aromatic carbocycles. The first-order chi connectivity index (χ1) is 15.6. The molecule has 1 aliphatic rings. The number of benzene rings is 3. The first-order valence-corrected chi connectivity index (χ1v) is 10.8. The van der Waals surface area contributed by atoms with Crippen LogP contribution in [0.5, 0.6) is 11.5 Å². The van der Waals surface area contributed by atoms with Crippen LogP contribution in [0.4, 0.5) is 0 Å². The molecule has 0 bridgehead atoms. The van der Waals surface area contributed by atoms with Crippen molar-refractivity contribution < 1.29 is 13.9 Å². The average molecular weight is 428 g/mol. The molecule has 0 fully saturated rings. The second-order valence-corrected chi connectivity index (χ2v) is 8.22. The average Bonchev–Trinajstić information content (AvgIpc) is 2.84. The highest BCUT2D eigenvalue weighted by Crippen LogP contribution is 2.36. The summed E-state index contributed by atoms with van der Waals surface area (Å²) in [5, 5.41) is 0.898. The summed E-state index contributed by atoms with van der Waals surface area (Å²) in [6, 6.07) is 23.7. The lowest BCUT2D eigenvalue weighted by Gasteiger charge is -2.31. The molecule has 0 saturated carbocycles. The van der Waals surface area contributed by atoms with Gasteiger partial charge in [0.25, 0.3) is 0 Å². The number of ether oxygens (including phenoxy) is 2. The molecule has 1 aliphatic heterocycles. The standard InChI is InChI=1S/C27H25NO4/c1-18(19-6-4-3-5-7-19)15-28-16-24-25(31-17-28)13-12-22-23(14-26(29)32-27(22)24)20-8-10-21(30-2)11-9-20/h3-14,18H,15-17H2,1-2H3/t18-/m1/s1. The van der Waals surface area contributed by atoms with Crippen molar-refractivity contribution in [1.29, 1.82) is 0 Å². The van der Waals surface area contributed by atoms with E-state index in [-0.39, 0.29) is 5.63 Å². The van der Waals surface area contributed by atoms with Gasteiger partial charge in [-0.25, -0.2) is 4.79 Å². The van der Waals surface area contributed by atoms with E-state index in [0.717, 1.165) is 40.1 Å². The third kappa shape index (κ3) is 3.87. The lowest BCUT2D eigenvalue weighted by molar-refractivity contribution is 0.0909. The fourth-order valence-electron chi connectivity index (χ4n) is 4.38. The van der Waals surface area contributed by atoms with Gasteiger partial charge in [-0.2, -0.15) is 0 Å². The summed E-state index contributed by atoms with van der Waals surface area (Å²) in [7, 11) is 1.64. The third-order valence-corrected chi connectivity index (χ3v) is 6.06. The van der Waals surface area contributed by atoms with Gasteiger partial charge in [0.1, 0.15) is 23.8 Å². The molecule has 0 unspecified atom stereocenters. The van der Waals surface area contributed by atoms with Gasteiger partial charge >= 0.3 is 5.63 Å². The Labute approximate surface area is 186 Å². The number of rotatable bonds is 5. The van der Waals surface area contributed by atoms with Crippen molar-refractivity contribution in [2.45, 2.75) is 19.4 Å². The SMILES string of the molecule is COc1ccc(-c2cc(=O)oc3c4c(ccc23)OCN(C[C@@H](C)c2ccccc2)C4)cc1. The highest BCUT2D eigenvalue weighted by molar-refractivity contribution is 5.95. The molecule has 0 saturated heterocycles. The summed E-state index contributed by atoms with van der Waals surface area (Å²) in [4.78, 5) is 14.7. The molecule has 5 nitrogen and oxygen atoms in total. The Morgan fingerprint density at radius 3 is 2.56 bits per heavy atom. The van der Waals surface area contributed by atoms with E-state index in [4.69, 9.17) is 13.9 Å². The molecule has 4 aromatic rings. The molecule has 0 spiro atoms. The van der Waals surface area contributed by atoms with E-state index in [0.29, 0.717) is 24.8 Å². The molecule has 0 amide bonds. The third-order valence-electron chi connectivity index (χ3n) is 6.06. The first-order valence-electron chi connectivity index (χ1n) is 10.8. The summed E-state index contributed by atoms with van der Waals surface area (Å²) in [5.41, 5.74) is 4.22. The summed E-state index contributed by atoms with van der Waals surface area (Å²) >= 11 is 0. The Balaban J connectivity index is 1.51. The summed E-state index contributed by atoms with van der Waals surface area (Å²) < 4.78 is 17.0. The largest absolute Gasteiger partial charge is 0.497 e. The Hall–Kier alpha value is -3.57. The van der Waals surface area contributed by atoms with E-state index in [9.17, 15) is 4.79 Å². The van der Waals surface area contributed by atoms with Crippen LogP contribution in [0.1, 0.15) is 24.0 Å². The zero-order valence-electron chi connectivity index (χ0n) is 18.2. The minimum atomic E-state index is -0.369. The normalized spacial score (nSPS) is 14.6. The molecule has 0 radical (unpaired) electrons. The van der Waals surface area contributed by atoms with Crippen molar-refractivity contribution in [2.75, 3.05) is 20.4 Å². The second-order valence-electron chi connectivity index (χ2n) is 8.22. The fourth-order valence-corrected chi connectivity index (χ4v) is 4.38. The van der Waals surface area contributed by atoms with Crippen LogP contribution in [0.25, 0.3) is 22.1 Å². The van der Waals surface area contributed by atoms with Gasteiger partial charge in [-0.3, -0.25) is 4.90 Å². The topological polar surface area (TPSA) is 51.9 Å². The monoisotopic (exact) mass is 427 g/mol. The summed E-state index contributed by atoms with van der Waals surface area (Å²) in [6.07, 6.45) is 0. The Bertz CT molecular complexity index is 1300. The molecular weight excluding hydrogens is 402 g/mol. The molecule has 162 valence electrons. The molecular formula is C27H25NO4. The van der Waals surface area contributed by atoms with E-state index < -0.39 is 0 Å². The number of fused-ring (bicyclic) bond motifs is 3. The number of hydrogen-bond acceptors (Lipinski definition) is 5. The molecule has 32 heavy (non-hydrogen) atoms. The predicted octanol–water partition coefficient (Wildman–Crippen LogP) is 5.42. The zero-order chi connectivity index (χ0) is 22.1. The van der Waals surface area contributed by atoms with Crippen molar-refractivity contribution in [3.8, 4) is 22.6 Å². The maximum Gasteiger partial charge on any atom is 0.336 e. The van der Waals surface area contributed by atoms with E-state index in [2.05, 4.69) is 36.1 Å². The molecule has 0 aliphatic carbocycles. The molecule has 0 N–H and O–H groups in total. The van der Waals surface area contributed by atoms with Crippen LogP contribution in [-0.4, -0.2) is 25.3 Å². The Morgan fingerprint density at radius 1 is 1.03 bits per heavy atom. The Kier molecular flexibility index (Phi) is 5.41. The van der Waals surface area contributed by atoms with Gasteiger partial charge in [0.2, 0.25) is 0 Å². The number of hydrogen-bond donors (Lipinski definition) is 0. The van der Waals surface area contributed by atoms with Crippen LogP contribution >= 0.6 is 0 Å². The molecule has 2 heterocycles. The minimum absolute atomic E-state index is 0.359. The lowest BCUT2D eigenvalue weighted by Crippen LogP contribution is -2.34. The summed E-state index contributed by atoms with van der Waals surface area (Å²) in [5.74, 6) is 1.91. The maximum absolute atomic E-state index is 12.5. The highest BCUT2D eigenvalue weighted by atomic mass is 16.5.